The van der Waals surface area contributed by atoms with Gasteiger partial charge >= 0.3 is 11.9 Å². The number of carboxylic acids is 3. The lowest BCUT2D eigenvalue weighted by Crippen LogP contribution is -2.58. The maximum Gasteiger partial charge on any atom is 0.311 e. The zero-order valence-electron chi connectivity index (χ0n) is 23.2. The Hall–Kier alpha value is -1.89. The van der Waals surface area contributed by atoms with Crippen LogP contribution in [-0.2, 0) is 14.4 Å². The fraction of sp³-hybridized carbons (Fsp3) is 0.828. The van der Waals surface area contributed by atoms with Crippen LogP contribution in [0.5, 0.6) is 0 Å². The average molecular weight is 512 g/mol. The highest BCUT2D eigenvalue weighted by molar-refractivity contribution is 5.70. The Balaban J connectivity index is 4.53. The van der Waals surface area contributed by atoms with Crippen molar-refractivity contribution in [3.8, 4) is 0 Å². The average Bonchev–Trinajstić information content (AvgIpc) is 2.81. The summed E-state index contributed by atoms with van der Waals surface area (Å²) in [7, 11) is 0. The van der Waals surface area contributed by atoms with Crippen molar-refractivity contribution in [3.05, 3.63) is 12.7 Å². The van der Waals surface area contributed by atoms with Crippen molar-refractivity contribution in [3.63, 3.8) is 0 Å². The van der Waals surface area contributed by atoms with Gasteiger partial charge in [-0.15, -0.1) is 6.58 Å². The fourth-order valence-electron chi connectivity index (χ4n) is 5.15. The third-order valence-corrected chi connectivity index (χ3v) is 7.27. The first-order chi connectivity index (χ1) is 17.0. The summed E-state index contributed by atoms with van der Waals surface area (Å²) in [5.74, 6) is -5.24. The molecule has 7 heteroatoms. The standard InChI is InChI=1S/C29H53NO6/c1-5-6-7-8-9-10-11-12-13-14-15-16-17-18-19-20-30(21-24(2)27(31)32,22-25(3)28(33)34)23-26(4)29(35)36/h5,24-26H,1,6-23H2,2-4H3,(H2-,31,32,33,34,35,36). The van der Waals surface area contributed by atoms with Crippen molar-refractivity contribution in [1.29, 1.82) is 0 Å². The van der Waals surface area contributed by atoms with Crippen molar-refractivity contribution in [2.75, 3.05) is 26.2 Å². The van der Waals surface area contributed by atoms with E-state index in [1.165, 1.54) is 57.8 Å². The third kappa shape index (κ3) is 16.7. The molecule has 0 aliphatic rings. The van der Waals surface area contributed by atoms with Crippen molar-refractivity contribution < 1.29 is 34.2 Å². The van der Waals surface area contributed by atoms with Crippen molar-refractivity contribution in [1.82, 2.24) is 0 Å². The predicted molar refractivity (Wildman–Crippen MR) is 142 cm³/mol. The number of hydrogen-bond acceptors (Lipinski definition) is 4. The Bertz CT molecular complexity index is 580. The molecule has 0 rings (SSSR count). The van der Waals surface area contributed by atoms with Gasteiger partial charge in [-0.1, -0.05) is 77.2 Å². The number of hydrogen-bond donors (Lipinski definition) is 2. The summed E-state index contributed by atoms with van der Waals surface area (Å²) in [4.78, 5) is 34.6. The van der Waals surface area contributed by atoms with E-state index in [0.717, 1.165) is 32.1 Å². The Morgan fingerprint density at radius 1 is 0.667 bits per heavy atom. The highest BCUT2D eigenvalue weighted by atomic mass is 16.4. The molecule has 0 aliphatic carbocycles. The number of carbonyl (C=O) groups excluding carboxylic acids is 1. The van der Waals surface area contributed by atoms with Crippen LogP contribution in [0.15, 0.2) is 12.7 Å². The molecule has 0 amide bonds. The van der Waals surface area contributed by atoms with E-state index < -0.39 is 35.7 Å². The summed E-state index contributed by atoms with van der Waals surface area (Å²) in [5.41, 5.74) is 0. The molecule has 3 unspecified atom stereocenters. The van der Waals surface area contributed by atoms with Gasteiger partial charge in [-0.05, 0) is 39.5 Å². The molecule has 0 aromatic heterocycles. The molecule has 2 N–H and O–H groups in total. The van der Waals surface area contributed by atoms with E-state index in [9.17, 15) is 29.7 Å². The van der Waals surface area contributed by atoms with Crippen LogP contribution >= 0.6 is 0 Å². The number of allylic oxidation sites excluding steroid dienone is 1. The van der Waals surface area contributed by atoms with Gasteiger partial charge in [0, 0.05) is 11.9 Å². The van der Waals surface area contributed by atoms with Gasteiger partial charge in [0.2, 0.25) is 0 Å². The number of nitrogens with zero attached hydrogens (tertiary/aromatic N) is 1. The first-order valence-corrected chi connectivity index (χ1v) is 14.2. The SMILES string of the molecule is C=CCCCCCCCCCCCCCCC[N+](CC(C)C(=O)[O-])(CC(C)C(=O)O)CC(C)C(=O)O. The predicted octanol–water partition coefficient (Wildman–Crippen LogP) is 5.28. The maximum atomic E-state index is 11.6. The van der Waals surface area contributed by atoms with Crippen LogP contribution in [0, 0.1) is 17.8 Å². The Labute approximate surface area is 219 Å². The van der Waals surface area contributed by atoms with Gasteiger partial charge in [0.05, 0.1) is 26.2 Å². The number of rotatable bonds is 25. The van der Waals surface area contributed by atoms with E-state index >= 15 is 0 Å². The smallest absolute Gasteiger partial charge is 0.311 e. The van der Waals surface area contributed by atoms with E-state index in [-0.39, 0.29) is 24.1 Å². The van der Waals surface area contributed by atoms with E-state index in [0.29, 0.717) is 6.54 Å². The number of quaternary nitrogens is 1. The molecule has 0 aromatic carbocycles. The first-order valence-electron chi connectivity index (χ1n) is 14.2. The first kappa shape index (κ1) is 34.1. The van der Waals surface area contributed by atoms with Crippen molar-refractivity contribution >= 4 is 17.9 Å². The highest BCUT2D eigenvalue weighted by Gasteiger charge is 2.36. The summed E-state index contributed by atoms with van der Waals surface area (Å²) < 4.78 is 0.184. The van der Waals surface area contributed by atoms with Gasteiger partial charge in [0.25, 0.3) is 0 Å². The molecule has 0 bridgehead atoms. The third-order valence-electron chi connectivity index (χ3n) is 7.27. The summed E-state index contributed by atoms with van der Waals surface area (Å²) in [6.45, 7) is 9.73. The fourth-order valence-corrected chi connectivity index (χ4v) is 5.15. The lowest BCUT2D eigenvalue weighted by molar-refractivity contribution is -0.934. The van der Waals surface area contributed by atoms with Crippen LogP contribution < -0.4 is 5.11 Å². The number of carboxylic acid groups (broad SMARTS) is 3. The molecular formula is C29H53NO6. The maximum absolute atomic E-state index is 11.6. The van der Waals surface area contributed by atoms with Crippen LogP contribution in [0.25, 0.3) is 0 Å². The molecule has 0 aromatic rings. The molecule has 0 aliphatic heterocycles. The molecule has 0 spiro atoms. The second kappa shape index (κ2) is 20.2. The van der Waals surface area contributed by atoms with Gasteiger partial charge in [0.15, 0.2) is 0 Å². The summed E-state index contributed by atoms with van der Waals surface area (Å²) in [5, 5.41) is 30.4. The molecule has 0 radical (unpaired) electrons. The molecule has 0 saturated heterocycles. The molecule has 36 heavy (non-hydrogen) atoms. The molecule has 0 heterocycles. The lowest BCUT2D eigenvalue weighted by atomic mass is 10.00. The van der Waals surface area contributed by atoms with Crippen LogP contribution in [0.3, 0.4) is 0 Å². The van der Waals surface area contributed by atoms with Crippen LogP contribution in [0.4, 0.5) is 0 Å². The van der Waals surface area contributed by atoms with Crippen LogP contribution in [-0.4, -0.2) is 58.8 Å². The summed E-state index contributed by atoms with van der Waals surface area (Å²) >= 11 is 0. The van der Waals surface area contributed by atoms with E-state index in [2.05, 4.69) is 6.58 Å². The zero-order chi connectivity index (χ0) is 27.4. The quantitative estimate of drug-likeness (QED) is 0.0979. The minimum absolute atomic E-state index is 0.184. The van der Waals surface area contributed by atoms with Gasteiger partial charge in [0.1, 0.15) is 11.8 Å². The number of unbranched alkanes of at least 4 members (excludes halogenated alkanes) is 13. The second-order valence-corrected chi connectivity index (χ2v) is 11.0. The zero-order valence-corrected chi connectivity index (χ0v) is 23.2. The largest absolute Gasteiger partial charge is 0.550 e. The molecule has 0 saturated carbocycles. The van der Waals surface area contributed by atoms with E-state index in [1.807, 2.05) is 6.08 Å². The van der Waals surface area contributed by atoms with Gasteiger partial charge in [-0.3, -0.25) is 9.59 Å². The molecule has 7 nitrogen and oxygen atoms in total. The topological polar surface area (TPSA) is 115 Å². The molecule has 3 atom stereocenters. The van der Waals surface area contributed by atoms with Gasteiger partial charge < -0.3 is 24.6 Å². The molecule has 0 fully saturated rings. The van der Waals surface area contributed by atoms with Crippen molar-refractivity contribution in [2.24, 2.45) is 17.8 Å². The van der Waals surface area contributed by atoms with Crippen LogP contribution in [0.1, 0.15) is 111 Å². The minimum atomic E-state index is -1.18. The van der Waals surface area contributed by atoms with Gasteiger partial charge in [-0.2, -0.15) is 0 Å². The normalized spacial score (nSPS) is 15.5. The molecular weight excluding hydrogens is 458 g/mol. The number of aliphatic carboxylic acids is 3. The summed E-state index contributed by atoms with van der Waals surface area (Å²) in [6, 6.07) is 0. The Kier molecular flexibility index (Phi) is 19.1. The second-order valence-electron chi connectivity index (χ2n) is 11.0. The number of carbonyl (C=O) groups is 3. The monoisotopic (exact) mass is 511 g/mol. The Morgan fingerprint density at radius 2 is 1.00 bits per heavy atom. The minimum Gasteiger partial charge on any atom is -0.550 e. The van der Waals surface area contributed by atoms with Crippen LogP contribution in [0.2, 0.25) is 0 Å². The van der Waals surface area contributed by atoms with E-state index in [4.69, 9.17) is 0 Å². The highest BCUT2D eigenvalue weighted by Crippen LogP contribution is 2.22. The Morgan fingerprint density at radius 3 is 1.33 bits per heavy atom. The van der Waals surface area contributed by atoms with Crippen molar-refractivity contribution in [2.45, 2.75) is 111 Å². The van der Waals surface area contributed by atoms with E-state index in [1.54, 1.807) is 20.8 Å². The summed E-state index contributed by atoms with van der Waals surface area (Å²) in [6.07, 6.45) is 18.8. The molecule has 210 valence electrons. The lowest BCUT2D eigenvalue weighted by Gasteiger charge is -2.43. The van der Waals surface area contributed by atoms with Gasteiger partial charge in [-0.25, -0.2) is 0 Å².